The van der Waals surface area contributed by atoms with Crippen molar-refractivity contribution in [2.75, 3.05) is 27.4 Å². The largest absolute Gasteiger partial charge is 0.381 e. The van der Waals surface area contributed by atoms with E-state index in [1.807, 2.05) is 12.2 Å². The van der Waals surface area contributed by atoms with Crippen LogP contribution >= 0.6 is 47.8 Å². The minimum atomic E-state index is 0.573. The Kier molecular flexibility index (Phi) is 10.3. The van der Waals surface area contributed by atoms with E-state index in [0.29, 0.717) is 13.2 Å². The van der Waals surface area contributed by atoms with Gasteiger partial charge in [0.15, 0.2) is 0 Å². The van der Waals surface area contributed by atoms with Crippen molar-refractivity contribution in [3.63, 3.8) is 0 Å². The standard InChI is InChI=1S/C18H21Br3O2/c1-4-5-8-13-16(19)14(9-6-11-22-2)18(21)15(17(13)20)10-7-12-23-3/h5-10H,4,11-12H2,1-3H3/b8-5+,9-6+,10-7+. The molecule has 1 aromatic carbocycles. The molecule has 0 saturated heterocycles. The summed E-state index contributed by atoms with van der Waals surface area (Å²) in [5, 5.41) is 0. The first-order valence-corrected chi connectivity index (χ1v) is 9.64. The van der Waals surface area contributed by atoms with E-state index in [9.17, 15) is 0 Å². The molecule has 2 nitrogen and oxygen atoms in total. The number of benzene rings is 1. The lowest BCUT2D eigenvalue weighted by molar-refractivity contribution is 0.234. The zero-order chi connectivity index (χ0) is 17.2. The molecule has 0 atom stereocenters. The lowest BCUT2D eigenvalue weighted by Crippen LogP contribution is -1.93. The SMILES string of the molecule is CC/C=C/c1c(Br)c(/C=C/COC)c(Br)c(/C=C/COC)c1Br. The van der Waals surface area contributed by atoms with Crippen molar-refractivity contribution in [1.82, 2.24) is 0 Å². The van der Waals surface area contributed by atoms with Gasteiger partial charge < -0.3 is 9.47 Å². The fourth-order valence-corrected chi connectivity index (χ4v) is 4.70. The second-order valence-electron chi connectivity index (χ2n) is 4.71. The summed E-state index contributed by atoms with van der Waals surface area (Å²) >= 11 is 11.2. The zero-order valence-electron chi connectivity index (χ0n) is 13.5. The predicted octanol–water partition coefficient (Wildman–Crippen LogP) is 6.72. The summed E-state index contributed by atoms with van der Waals surface area (Å²) in [6.45, 7) is 3.27. The first-order valence-electron chi connectivity index (χ1n) is 7.26. The monoisotopic (exact) mass is 506 g/mol. The number of allylic oxidation sites excluding steroid dienone is 1. The van der Waals surface area contributed by atoms with E-state index in [1.165, 1.54) is 0 Å². The van der Waals surface area contributed by atoms with Gasteiger partial charge in [-0.1, -0.05) is 43.4 Å². The van der Waals surface area contributed by atoms with Crippen molar-refractivity contribution in [3.05, 3.63) is 48.3 Å². The van der Waals surface area contributed by atoms with E-state index in [1.54, 1.807) is 14.2 Å². The summed E-state index contributed by atoms with van der Waals surface area (Å²) in [5.74, 6) is 0. The maximum Gasteiger partial charge on any atom is 0.0646 e. The van der Waals surface area contributed by atoms with Gasteiger partial charge in [0, 0.05) is 44.3 Å². The molecule has 0 aliphatic rings. The van der Waals surface area contributed by atoms with Gasteiger partial charge in [-0.2, -0.15) is 0 Å². The average molecular weight is 509 g/mol. The minimum absolute atomic E-state index is 0.573. The average Bonchev–Trinajstić information content (AvgIpc) is 2.54. The Morgan fingerprint density at radius 2 is 1.04 bits per heavy atom. The molecular formula is C18H21Br3O2. The molecular weight excluding hydrogens is 488 g/mol. The van der Waals surface area contributed by atoms with E-state index >= 15 is 0 Å². The van der Waals surface area contributed by atoms with Crippen LogP contribution in [0.2, 0.25) is 0 Å². The maximum atomic E-state index is 5.10. The highest BCUT2D eigenvalue weighted by molar-refractivity contribution is 9.11. The molecule has 0 saturated carbocycles. The number of rotatable bonds is 8. The lowest BCUT2D eigenvalue weighted by Gasteiger charge is -2.14. The van der Waals surface area contributed by atoms with Gasteiger partial charge in [0.05, 0.1) is 13.2 Å². The highest BCUT2D eigenvalue weighted by Gasteiger charge is 2.16. The van der Waals surface area contributed by atoms with Crippen LogP contribution < -0.4 is 0 Å². The summed E-state index contributed by atoms with van der Waals surface area (Å²) in [6, 6.07) is 0. The second kappa shape index (κ2) is 11.4. The summed E-state index contributed by atoms with van der Waals surface area (Å²) in [7, 11) is 3.37. The molecule has 0 aliphatic heterocycles. The molecule has 0 spiro atoms. The van der Waals surface area contributed by atoms with Crippen LogP contribution in [-0.2, 0) is 9.47 Å². The lowest BCUT2D eigenvalue weighted by atomic mass is 10.0. The Hall–Kier alpha value is -0.200. The van der Waals surface area contributed by atoms with Gasteiger partial charge in [-0.25, -0.2) is 0 Å². The number of hydrogen-bond acceptors (Lipinski definition) is 2. The van der Waals surface area contributed by atoms with Gasteiger partial charge in [0.2, 0.25) is 0 Å². The smallest absolute Gasteiger partial charge is 0.0646 e. The molecule has 1 rings (SSSR count). The summed E-state index contributed by atoms with van der Waals surface area (Å²) < 4.78 is 13.3. The van der Waals surface area contributed by atoms with E-state index < -0.39 is 0 Å². The molecule has 0 heterocycles. The molecule has 126 valence electrons. The Labute approximate surface area is 164 Å². The third-order valence-corrected chi connectivity index (χ3v) is 5.60. The Balaban J connectivity index is 3.49. The van der Waals surface area contributed by atoms with Crippen LogP contribution in [0.15, 0.2) is 31.6 Å². The van der Waals surface area contributed by atoms with Gasteiger partial charge in [-0.05, 0) is 54.2 Å². The normalized spacial score (nSPS) is 12.3. The van der Waals surface area contributed by atoms with Crippen LogP contribution in [0.4, 0.5) is 0 Å². The molecule has 0 radical (unpaired) electrons. The molecule has 1 aromatic rings. The summed E-state index contributed by atoms with van der Waals surface area (Å²) in [6.07, 6.45) is 13.4. The Morgan fingerprint density at radius 3 is 1.35 bits per heavy atom. The summed E-state index contributed by atoms with van der Waals surface area (Å²) in [4.78, 5) is 0. The highest BCUT2D eigenvalue weighted by atomic mass is 79.9. The Morgan fingerprint density at radius 1 is 0.696 bits per heavy atom. The van der Waals surface area contributed by atoms with Gasteiger partial charge in [-0.3, -0.25) is 0 Å². The third kappa shape index (κ3) is 5.98. The fraction of sp³-hybridized carbons (Fsp3) is 0.333. The van der Waals surface area contributed by atoms with E-state index in [4.69, 9.17) is 9.47 Å². The van der Waals surface area contributed by atoms with E-state index in [2.05, 4.69) is 79.0 Å². The van der Waals surface area contributed by atoms with Gasteiger partial charge in [0.1, 0.15) is 0 Å². The first kappa shape index (κ1) is 20.8. The van der Waals surface area contributed by atoms with E-state index in [0.717, 1.165) is 36.5 Å². The van der Waals surface area contributed by atoms with Gasteiger partial charge in [-0.15, -0.1) is 0 Å². The molecule has 0 aliphatic carbocycles. The van der Waals surface area contributed by atoms with Gasteiger partial charge >= 0.3 is 0 Å². The molecule has 0 aromatic heterocycles. The number of ether oxygens (including phenoxy) is 2. The van der Waals surface area contributed by atoms with Crippen molar-refractivity contribution in [3.8, 4) is 0 Å². The third-order valence-electron chi connectivity index (χ3n) is 3.03. The van der Waals surface area contributed by atoms with Crippen molar-refractivity contribution in [2.45, 2.75) is 13.3 Å². The number of hydrogen-bond donors (Lipinski definition) is 0. The van der Waals surface area contributed by atoms with Crippen LogP contribution in [0.25, 0.3) is 18.2 Å². The maximum absolute atomic E-state index is 5.10. The molecule has 0 bridgehead atoms. The Bertz CT molecular complexity index is 562. The van der Waals surface area contributed by atoms with Crippen LogP contribution in [0.1, 0.15) is 30.0 Å². The van der Waals surface area contributed by atoms with Crippen LogP contribution in [-0.4, -0.2) is 27.4 Å². The van der Waals surface area contributed by atoms with E-state index in [-0.39, 0.29) is 0 Å². The number of methoxy groups -OCH3 is 2. The van der Waals surface area contributed by atoms with Crippen molar-refractivity contribution >= 4 is 66.0 Å². The predicted molar refractivity (Wildman–Crippen MR) is 111 cm³/mol. The minimum Gasteiger partial charge on any atom is -0.381 e. The van der Waals surface area contributed by atoms with Crippen LogP contribution in [0.5, 0.6) is 0 Å². The summed E-state index contributed by atoms with van der Waals surface area (Å²) in [5.41, 5.74) is 3.28. The molecule has 5 heteroatoms. The highest BCUT2D eigenvalue weighted by Crippen LogP contribution is 2.41. The molecule has 0 unspecified atom stereocenters. The molecule has 0 fully saturated rings. The van der Waals surface area contributed by atoms with Crippen molar-refractivity contribution in [2.24, 2.45) is 0 Å². The van der Waals surface area contributed by atoms with Gasteiger partial charge in [0.25, 0.3) is 0 Å². The topological polar surface area (TPSA) is 18.5 Å². The quantitative estimate of drug-likeness (QED) is 0.388. The van der Waals surface area contributed by atoms with Crippen LogP contribution in [0, 0.1) is 0 Å². The first-order chi connectivity index (χ1) is 11.1. The van der Waals surface area contributed by atoms with Crippen molar-refractivity contribution < 1.29 is 9.47 Å². The molecule has 23 heavy (non-hydrogen) atoms. The van der Waals surface area contributed by atoms with Crippen LogP contribution in [0.3, 0.4) is 0 Å². The fourth-order valence-electron chi connectivity index (χ4n) is 1.92. The zero-order valence-corrected chi connectivity index (χ0v) is 18.3. The molecule has 0 N–H and O–H groups in total. The second-order valence-corrected chi connectivity index (χ2v) is 7.09. The molecule has 0 amide bonds. The number of halogens is 3. The van der Waals surface area contributed by atoms with Crippen molar-refractivity contribution in [1.29, 1.82) is 0 Å².